The molecule has 1 aromatic rings. The highest BCUT2D eigenvalue weighted by molar-refractivity contribution is 8.14. The number of hydrogen-bond acceptors (Lipinski definition) is 13. The number of amides is 2. The lowest BCUT2D eigenvalue weighted by Crippen LogP contribution is -2.71. The number of thioether (sulfide) groups is 1. The van der Waals surface area contributed by atoms with Crippen molar-refractivity contribution in [2.45, 2.75) is 95.6 Å². The van der Waals surface area contributed by atoms with Gasteiger partial charge in [-0.3, -0.25) is 14.1 Å². The number of β-lactam (4-membered cyclic amide) rings is 1. The first-order valence-corrected chi connectivity index (χ1v) is 19.3. The van der Waals surface area contributed by atoms with Crippen LogP contribution < -0.4 is 15.8 Å². The third kappa shape index (κ3) is 9.66. The van der Waals surface area contributed by atoms with Gasteiger partial charge in [-0.25, -0.2) is 14.8 Å². The van der Waals surface area contributed by atoms with Crippen molar-refractivity contribution in [2.24, 2.45) is 26.8 Å². The van der Waals surface area contributed by atoms with Gasteiger partial charge in [0.05, 0.1) is 5.70 Å². The van der Waals surface area contributed by atoms with Gasteiger partial charge in [-0.1, -0.05) is 42.6 Å². The van der Waals surface area contributed by atoms with E-state index in [-0.39, 0.29) is 50.8 Å². The van der Waals surface area contributed by atoms with Gasteiger partial charge in [-0.15, -0.1) is 6.58 Å². The first-order valence-electron chi connectivity index (χ1n) is 17.0. The third-order valence-corrected chi connectivity index (χ3v) is 11.2. The number of amidine groups is 1. The van der Waals surface area contributed by atoms with Crippen molar-refractivity contribution in [1.82, 2.24) is 9.62 Å². The molecular weight excluding hydrogens is 729 g/mol. The number of hydrogen-bond donors (Lipinski definition) is 5. The minimum Gasteiger partial charge on any atom is -0.507 e. The van der Waals surface area contributed by atoms with E-state index in [1.807, 2.05) is 13.0 Å². The molecule has 6 N–H and O–H groups in total. The molecule has 1 unspecified atom stereocenters. The summed E-state index contributed by atoms with van der Waals surface area (Å²) in [4.78, 5) is 51.7. The molecule has 2 amide bonds. The number of aryl methyl sites for hydroxylation is 1. The van der Waals surface area contributed by atoms with Crippen LogP contribution in [0.25, 0.3) is 0 Å². The predicted octanol–water partition coefficient (Wildman–Crippen LogP) is 4.19. The Morgan fingerprint density at radius 1 is 1.28 bits per heavy atom. The van der Waals surface area contributed by atoms with Gasteiger partial charge in [0, 0.05) is 24.9 Å². The number of carboxylic acid groups (broad SMARTS) is 1. The van der Waals surface area contributed by atoms with Gasteiger partial charge in [0.2, 0.25) is 5.60 Å². The molecule has 1 saturated heterocycles. The van der Waals surface area contributed by atoms with E-state index >= 15 is 0 Å². The van der Waals surface area contributed by atoms with Crippen LogP contribution in [0.4, 0.5) is 0 Å². The summed E-state index contributed by atoms with van der Waals surface area (Å²) in [7, 11) is -3.77. The van der Waals surface area contributed by atoms with Crippen molar-refractivity contribution in [3.63, 3.8) is 0 Å². The number of rotatable bonds is 15. The number of aliphatic imine (C=N–C) groups is 2. The van der Waals surface area contributed by atoms with E-state index in [0.29, 0.717) is 23.7 Å². The maximum absolute atomic E-state index is 13.6. The van der Waals surface area contributed by atoms with Crippen LogP contribution in [0.15, 0.2) is 63.4 Å². The molecule has 0 bridgehead atoms. The van der Waals surface area contributed by atoms with Crippen molar-refractivity contribution >= 4 is 56.6 Å². The van der Waals surface area contributed by atoms with E-state index in [0.717, 1.165) is 43.2 Å². The van der Waals surface area contributed by atoms with Crippen molar-refractivity contribution in [3.05, 3.63) is 59.3 Å². The molecule has 1 aromatic carbocycles. The van der Waals surface area contributed by atoms with Crippen molar-refractivity contribution in [2.75, 3.05) is 7.05 Å². The van der Waals surface area contributed by atoms with Crippen LogP contribution in [-0.2, 0) is 35.9 Å². The number of phenols is 1. The number of ether oxygens (including phenoxy) is 1. The average Bonchev–Trinajstić information content (AvgIpc) is 3.51. The Balaban J connectivity index is 1.69. The van der Waals surface area contributed by atoms with Crippen LogP contribution in [0.3, 0.4) is 0 Å². The van der Waals surface area contributed by atoms with Crippen LogP contribution in [0.2, 0.25) is 0 Å². The van der Waals surface area contributed by atoms with Crippen molar-refractivity contribution in [1.29, 1.82) is 0 Å². The number of aromatic hydroxyl groups is 1. The molecule has 0 aromatic heterocycles. The van der Waals surface area contributed by atoms with Gasteiger partial charge in [0.15, 0.2) is 5.71 Å². The maximum Gasteiger partial charge on any atom is 0.363 e. The van der Waals surface area contributed by atoms with Gasteiger partial charge in [0.25, 0.3) is 17.0 Å². The van der Waals surface area contributed by atoms with E-state index in [1.54, 1.807) is 12.1 Å². The lowest BCUT2D eigenvalue weighted by molar-refractivity contribution is -0.161. The molecule has 1 fully saturated rings. The minimum atomic E-state index is -5.14. The number of carbonyl (C=O) groups excluding carboxylic acids is 2. The van der Waals surface area contributed by atoms with Crippen molar-refractivity contribution in [3.8, 4) is 11.5 Å². The Bertz CT molecular complexity index is 1900. The van der Waals surface area contributed by atoms with Crippen LogP contribution in [0.5, 0.6) is 11.5 Å². The zero-order chi connectivity index (χ0) is 39.2. The smallest absolute Gasteiger partial charge is 0.363 e. The van der Waals surface area contributed by atoms with E-state index < -0.39 is 50.8 Å². The standard InChI is InChI=1S/C35H46N6O10S2/c1-7-9-10-11-20-17-24(42)27(22-16-19(3)12-13-21(22)8-2)25(18-20)50-34(37-6)52-32-29(31(44)41(32)53(47,48)49)39-30(43)28(23-14-15-26(36)38-23)40-51-35(4,5)33(45)46/h8,14,16-18,21-22,29,32,42H,2,7,9-13,15H2,1,3-6H3,(H2,36,38)(H,39,43)(H,45,46)(H,47,48,49)/b37-34?,40-28-/t21-,22-,29-,32?/m1/s1. The molecule has 0 spiro atoms. The number of nitrogens with two attached hydrogens (primary N) is 1. The summed E-state index contributed by atoms with van der Waals surface area (Å²) in [5.41, 5.74) is 5.71. The summed E-state index contributed by atoms with van der Waals surface area (Å²) in [6, 6.07) is 1.92. The minimum absolute atomic E-state index is 0.00500. The maximum atomic E-state index is 13.6. The molecule has 2 aliphatic heterocycles. The largest absolute Gasteiger partial charge is 0.507 e. The summed E-state index contributed by atoms with van der Waals surface area (Å²) in [6.07, 6.45) is 10.6. The highest BCUT2D eigenvalue weighted by Crippen LogP contribution is 2.46. The Morgan fingerprint density at radius 2 is 2.00 bits per heavy atom. The third-order valence-electron chi connectivity index (χ3n) is 8.93. The molecular formula is C35H46N6O10S2. The number of aliphatic carboxylic acids is 1. The first-order chi connectivity index (χ1) is 24.9. The van der Waals surface area contributed by atoms with E-state index in [4.69, 9.17) is 15.3 Å². The Labute approximate surface area is 312 Å². The molecule has 2 heterocycles. The molecule has 1 aliphatic carbocycles. The lowest BCUT2D eigenvalue weighted by atomic mass is 9.76. The van der Waals surface area contributed by atoms with Gasteiger partial charge >= 0.3 is 16.3 Å². The quantitative estimate of drug-likeness (QED) is 0.0321. The number of nitrogens with one attached hydrogen (secondary N) is 1. The number of allylic oxidation sites excluding steroid dienone is 3. The lowest BCUT2D eigenvalue weighted by Gasteiger charge is -2.43. The zero-order valence-corrected chi connectivity index (χ0v) is 31.9. The molecule has 4 rings (SSSR count). The SMILES string of the molecule is C=C[C@@H]1CCC(C)=C[C@H]1c1c(O)cc(CCCCC)cc1OC(=NC)SC1[C@H](NC(=O)/C(=N\OC(C)(C)C(=O)O)C2=CCC(N)=N2)C(=O)N1S(=O)(=O)O. The molecule has 53 heavy (non-hydrogen) atoms. The Kier molecular flexibility index (Phi) is 13.2. The number of nitrogens with zero attached hydrogens (tertiary/aromatic N) is 4. The molecule has 16 nitrogen and oxygen atoms in total. The summed E-state index contributed by atoms with van der Waals surface area (Å²) in [5.74, 6) is -3.58. The summed E-state index contributed by atoms with van der Waals surface area (Å²) < 4.78 is 41.3. The second-order valence-corrected chi connectivity index (χ2v) is 15.7. The van der Waals surface area contributed by atoms with Gasteiger partial charge in [0.1, 0.15) is 28.8 Å². The average molecular weight is 775 g/mol. The Morgan fingerprint density at radius 3 is 2.58 bits per heavy atom. The normalized spacial score (nSPS) is 22.3. The zero-order valence-electron chi connectivity index (χ0n) is 30.2. The summed E-state index contributed by atoms with van der Waals surface area (Å²) >= 11 is 0.627. The van der Waals surface area contributed by atoms with Crippen LogP contribution >= 0.6 is 11.8 Å². The Hall–Kier alpha value is -4.68. The topological polar surface area (TPSA) is 243 Å². The fourth-order valence-electron chi connectivity index (χ4n) is 5.92. The molecule has 4 atom stereocenters. The van der Waals surface area contributed by atoms with E-state index in [9.17, 15) is 37.6 Å². The van der Waals surface area contributed by atoms with Crippen LogP contribution in [0.1, 0.15) is 83.3 Å². The highest BCUT2D eigenvalue weighted by Gasteiger charge is 2.56. The second-order valence-electron chi connectivity index (χ2n) is 13.4. The number of carbonyl (C=O) groups is 3. The van der Waals surface area contributed by atoms with Crippen LogP contribution in [0, 0.1) is 5.92 Å². The summed E-state index contributed by atoms with van der Waals surface area (Å²) in [5, 5.41) is 25.3. The number of oxime groups is 1. The van der Waals surface area contributed by atoms with E-state index in [2.05, 4.69) is 40.0 Å². The number of unbranched alkanes of at least 4 members (excludes halogenated alkanes) is 2. The predicted molar refractivity (Wildman–Crippen MR) is 201 cm³/mol. The molecule has 0 radical (unpaired) electrons. The van der Waals surface area contributed by atoms with Gasteiger partial charge in [-0.05, 0) is 87.9 Å². The van der Waals surface area contributed by atoms with E-state index in [1.165, 1.54) is 27.0 Å². The molecule has 3 aliphatic rings. The number of benzene rings is 1. The highest BCUT2D eigenvalue weighted by atomic mass is 32.2. The number of carboxylic acids is 1. The summed E-state index contributed by atoms with van der Waals surface area (Å²) in [6.45, 7) is 10.5. The van der Waals surface area contributed by atoms with Gasteiger partial charge in [-0.2, -0.15) is 12.7 Å². The van der Waals surface area contributed by atoms with Gasteiger partial charge < -0.3 is 30.8 Å². The van der Waals surface area contributed by atoms with Crippen LogP contribution in [-0.4, -0.2) is 86.1 Å². The first kappa shape index (κ1) is 41.1. The molecule has 18 heteroatoms. The fraction of sp³-hybridized carbons (Fsp3) is 0.486. The number of phenolic OH excluding ortho intramolecular Hbond substituents is 1. The second kappa shape index (κ2) is 17.0. The molecule has 288 valence electrons. The molecule has 0 saturated carbocycles. The monoisotopic (exact) mass is 774 g/mol. The van der Waals surface area contributed by atoms with Crippen molar-refractivity contribution < 1.29 is 47.1 Å². The fourth-order valence-corrected chi connectivity index (χ4v) is 8.07.